The first-order valence-electron chi connectivity index (χ1n) is 8.55. The highest BCUT2D eigenvalue weighted by Crippen LogP contribution is 2.35. The Morgan fingerprint density at radius 2 is 1.93 bits per heavy atom. The highest BCUT2D eigenvalue weighted by molar-refractivity contribution is 7.13. The zero-order chi connectivity index (χ0) is 20.6. The molecule has 0 unspecified atom stereocenters. The van der Waals surface area contributed by atoms with Gasteiger partial charge in [-0.3, -0.25) is 19.4 Å². The summed E-state index contributed by atoms with van der Waals surface area (Å²) < 4.78 is 5.12. The summed E-state index contributed by atoms with van der Waals surface area (Å²) >= 11 is 1.07. The first-order valence-corrected chi connectivity index (χ1v) is 9.42. The number of pyridine rings is 1. The Morgan fingerprint density at radius 3 is 2.61 bits per heavy atom. The predicted octanol–water partition coefficient (Wildman–Crippen LogP) is 2.77. The standard InChI is InChI=1S/C19H19N3O5S/c1-9(21-18(26)27-19(2,3)4)17(25)22-11-8-28-16-12(11)14(23)10-6-5-7-20-13(10)15(16)24/h5-9H,1-4H3,(H,21,26)(H,22,25)/t9-/m0/s1. The van der Waals surface area contributed by atoms with E-state index in [1.165, 1.54) is 24.6 Å². The Balaban J connectivity index is 1.77. The van der Waals surface area contributed by atoms with Crippen molar-refractivity contribution in [3.8, 4) is 0 Å². The van der Waals surface area contributed by atoms with Crippen LogP contribution in [-0.4, -0.2) is 40.2 Å². The van der Waals surface area contributed by atoms with Gasteiger partial charge in [-0.25, -0.2) is 4.79 Å². The van der Waals surface area contributed by atoms with Crippen molar-refractivity contribution in [1.29, 1.82) is 0 Å². The van der Waals surface area contributed by atoms with Crippen LogP contribution >= 0.6 is 11.3 Å². The molecular weight excluding hydrogens is 382 g/mol. The molecule has 0 aliphatic heterocycles. The number of ether oxygens (including phenoxy) is 1. The average molecular weight is 401 g/mol. The van der Waals surface area contributed by atoms with E-state index < -0.39 is 23.6 Å². The number of rotatable bonds is 3. The summed E-state index contributed by atoms with van der Waals surface area (Å²) in [6, 6.07) is 2.20. The second-order valence-corrected chi connectivity index (χ2v) is 8.15. The summed E-state index contributed by atoms with van der Waals surface area (Å²) in [6.45, 7) is 6.63. The van der Waals surface area contributed by atoms with Crippen molar-refractivity contribution in [2.45, 2.75) is 39.3 Å². The molecule has 2 amide bonds. The number of nitrogens with one attached hydrogen (secondary N) is 2. The van der Waals surface area contributed by atoms with Crippen molar-refractivity contribution >= 4 is 40.6 Å². The Kier molecular flexibility index (Phi) is 5.03. The molecule has 28 heavy (non-hydrogen) atoms. The molecule has 0 aromatic carbocycles. The molecule has 1 atom stereocenters. The van der Waals surface area contributed by atoms with Crippen molar-refractivity contribution < 1.29 is 23.9 Å². The van der Waals surface area contributed by atoms with Crippen molar-refractivity contribution in [3.05, 3.63) is 45.4 Å². The second kappa shape index (κ2) is 7.16. The van der Waals surface area contributed by atoms with Gasteiger partial charge in [-0.1, -0.05) is 0 Å². The molecule has 2 heterocycles. The fourth-order valence-corrected chi connectivity index (χ4v) is 3.58. The number of hydrogen-bond donors (Lipinski definition) is 2. The maximum atomic E-state index is 12.8. The van der Waals surface area contributed by atoms with E-state index in [0.717, 1.165) is 11.3 Å². The number of anilines is 1. The molecule has 1 aliphatic carbocycles. The summed E-state index contributed by atoms with van der Waals surface area (Å²) in [7, 11) is 0. The number of alkyl carbamates (subject to hydrolysis) is 1. The van der Waals surface area contributed by atoms with Gasteiger partial charge in [-0.05, 0) is 39.8 Å². The van der Waals surface area contributed by atoms with E-state index in [2.05, 4.69) is 15.6 Å². The molecule has 0 saturated carbocycles. The largest absolute Gasteiger partial charge is 0.444 e. The zero-order valence-corrected chi connectivity index (χ0v) is 16.6. The van der Waals surface area contributed by atoms with E-state index in [4.69, 9.17) is 4.74 Å². The Morgan fingerprint density at radius 1 is 1.21 bits per heavy atom. The molecule has 2 aromatic heterocycles. The summed E-state index contributed by atoms with van der Waals surface area (Å²) in [5.41, 5.74) is -0.00138. The number of carbonyl (C=O) groups excluding carboxylic acids is 4. The number of ketones is 2. The maximum Gasteiger partial charge on any atom is 0.408 e. The van der Waals surface area contributed by atoms with Crippen LogP contribution in [0.4, 0.5) is 10.5 Å². The molecule has 0 bridgehead atoms. The summed E-state index contributed by atoms with van der Waals surface area (Å²) in [6.07, 6.45) is 0.726. The van der Waals surface area contributed by atoms with E-state index in [0.29, 0.717) is 0 Å². The third-order valence-corrected chi connectivity index (χ3v) is 4.85. The highest BCUT2D eigenvalue weighted by atomic mass is 32.1. The lowest BCUT2D eigenvalue weighted by atomic mass is 9.92. The average Bonchev–Trinajstić information content (AvgIpc) is 3.02. The van der Waals surface area contributed by atoms with Gasteiger partial charge in [0.15, 0.2) is 5.78 Å². The van der Waals surface area contributed by atoms with Crippen molar-refractivity contribution in [1.82, 2.24) is 10.3 Å². The summed E-state index contributed by atoms with van der Waals surface area (Å²) in [5, 5.41) is 6.57. The molecular formula is C19H19N3O5S. The van der Waals surface area contributed by atoms with Crippen LogP contribution in [0.3, 0.4) is 0 Å². The molecule has 0 spiro atoms. The molecule has 0 fully saturated rings. The van der Waals surface area contributed by atoms with Gasteiger partial charge in [0, 0.05) is 11.6 Å². The van der Waals surface area contributed by atoms with Crippen LogP contribution < -0.4 is 10.6 Å². The smallest absolute Gasteiger partial charge is 0.408 e. The zero-order valence-electron chi connectivity index (χ0n) is 15.8. The molecule has 3 rings (SSSR count). The van der Waals surface area contributed by atoms with Crippen LogP contribution in [0.25, 0.3) is 0 Å². The molecule has 2 N–H and O–H groups in total. The molecule has 2 aromatic rings. The molecule has 9 heteroatoms. The number of carbonyl (C=O) groups is 4. The third-order valence-electron chi connectivity index (χ3n) is 3.88. The second-order valence-electron chi connectivity index (χ2n) is 7.27. The number of aromatic nitrogens is 1. The quantitative estimate of drug-likeness (QED) is 0.697. The van der Waals surface area contributed by atoms with Gasteiger partial charge < -0.3 is 15.4 Å². The molecule has 146 valence electrons. The minimum absolute atomic E-state index is 0.111. The lowest BCUT2D eigenvalue weighted by molar-refractivity contribution is -0.117. The van der Waals surface area contributed by atoms with Gasteiger partial charge in [0.2, 0.25) is 11.7 Å². The van der Waals surface area contributed by atoms with Gasteiger partial charge >= 0.3 is 6.09 Å². The molecule has 0 radical (unpaired) electrons. The normalized spacial score (nSPS) is 14.0. The van der Waals surface area contributed by atoms with Crippen LogP contribution in [0.1, 0.15) is 59.0 Å². The van der Waals surface area contributed by atoms with E-state index in [-0.39, 0.29) is 39.0 Å². The Bertz CT molecular complexity index is 990. The SMILES string of the molecule is C[C@H](NC(=O)OC(C)(C)C)C(=O)Nc1csc2c1C(=O)c1cccnc1C2=O. The molecule has 8 nitrogen and oxygen atoms in total. The lowest BCUT2D eigenvalue weighted by Crippen LogP contribution is -2.44. The van der Waals surface area contributed by atoms with Gasteiger partial charge in [-0.2, -0.15) is 0 Å². The van der Waals surface area contributed by atoms with Crippen molar-refractivity contribution in [2.24, 2.45) is 0 Å². The number of fused-ring (bicyclic) bond motifs is 2. The minimum atomic E-state index is -0.909. The molecule has 0 saturated heterocycles. The molecule has 1 aliphatic rings. The van der Waals surface area contributed by atoms with Gasteiger partial charge in [0.1, 0.15) is 17.3 Å². The number of nitrogens with zero attached hydrogens (tertiary/aromatic N) is 1. The van der Waals surface area contributed by atoms with Crippen molar-refractivity contribution in [2.75, 3.05) is 5.32 Å². The van der Waals surface area contributed by atoms with Crippen LogP contribution in [0.15, 0.2) is 23.7 Å². The first-order chi connectivity index (χ1) is 13.1. The Labute approximate surface area is 165 Å². The monoisotopic (exact) mass is 401 g/mol. The van der Waals surface area contributed by atoms with Crippen LogP contribution in [0.2, 0.25) is 0 Å². The van der Waals surface area contributed by atoms with Gasteiger partial charge in [0.25, 0.3) is 0 Å². The number of thiophene rings is 1. The van der Waals surface area contributed by atoms with E-state index in [1.54, 1.807) is 26.8 Å². The van der Waals surface area contributed by atoms with E-state index in [9.17, 15) is 19.2 Å². The number of hydrogen-bond acceptors (Lipinski definition) is 7. The Hall–Kier alpha value is -3.07. The van der Waals surface area contributed by atoms with Crippen LogP contribution in [0.5, 0.6) is 0 Å². The minimum Gasteiger partial charge on any atom is -0.444 e. The van der Waals surface area contributed by atoms with Crippen molar-refractivity contribution in [3.63, 3.8) is 0 Å². The van der Waals surface area contributed by atoms with Gasteiger partial charge in [-0.15, -0.1) is 11.3 Å². The lowest BCUT2D eigenvalue weighted by Gasteiger charge is -2.21. The fraction of sp³-hybridized carbons (Fsp3) is 0.316. The first kappa shape index (κ1) is 19.7. The fourth-order valence-electron chi connectivity index (χ4n) is 2.64. The summed E-state index contributed by atoms with van der Waals surface area (Å²) in [4.78, 5) is 53.9. The van der Waals surface area contributed by atoms with Crippen LogP contribution in [-0.2, 0) is 9.53 Å². The maximum absolute atomic E-state index is 12.8. The van der Waals surface area contributed by atoms with E-state index in [1.807, 2.05) is 0 Å². The highest BCUT2D eigenvalue weighted by Gasteiger charge is 2.35. The number of amides is 2. The van der Waals surface area contributed by atoms with E-state index >= 15 is 0 Å². The third kappa shape index (κ3) is 3.79. The topological polar surface area (TPSA) is 114 Å². The summed E-state index contributed by atoms with van der Waals surface area (Å²) in [5.74, 6) is -1.26. The predicted molar refractivity (Wildman–Crippen MR) is 103 cm³/mol. The van der Waals surface area contributed by atoms with Crippen LogP contribution in [0, 0.1) is 0 Å². The van der Waals surface area contributed by atoms with Gasteiger partial charge in [0.05, 0.1) is 21.7 Å².